The van der Waals surface area contributed by atoms with Crippen molar-refractivity contribution in [3.05, 3.63) is 23.8 Å². The number of allylic oxidation sites excluding steroid dienone is 1. The lowest BCUT2D eigenvalue weighted by Gasteiger charge is -2.44. The van der Waals surface area contributed by atoms with Crippen LogP contribution in [0.5, 0.6) is 0 Å². The SMILES string of the molecule is C=C1C[C@H]2O[C@H]([C@H]3[C@@H]2C(C)=CC[C@@H]3C(C)C)[C@]2(C)O[C@@]1(O)C[C@@H]2OC(=O)C(CC)OC(C)=O. The highest BCUT2D eigenvalue weighted by Gasteiger charge is 2.68. The van der Waals surface area contributed by atoms with Gasteiger partial charge < -0.3 is 24.1 Å². The first kappa shape index (κ1) is 24.4. The van der Waals surface area contributed by atoms with Crippen LogP contribution in [0.15, 0.2) is 23.8 Å². The van der Waals surface area contributed by atoms with Crippen molar-refractivity contribution in [2.75, 3.05) is 0 Å². The molecule has 0 aromatic carbocycles. The van der Waals surface area contributed by atoms with Crippen molar-refractivity contribution in [2.45, 2.75) is 103 Å². The van der Waals surface area contributed by atoms with Crippen molar-refractivity contribution in [2.24, 2.45) is 23.7 Å². The number of fused-ring (bicyclic) bond motifs is 8. The number of ether oxygens (including phenoxy) is 4. The summed E-state index contributed by atoms with van der Waals surface area (Å²) in [5.74, 6) is -1.56. The maximum absolute atomic E-state index is 13.0. The molecule has 3 saturated heterocycles. The molecule has 0 saturated carbocycles. The Hall–Kier alpha value is -1.70. The lowest BCUT2D eigenvalue weighted by atomic mass is 9.63. The van der Waals surface area contributed by atoms with Crippen molar-refractivity contribution < 1.29 is 33.6 Å². The second kappa shape index (κ2) is 8.51. The topological polar surface area (TPSA) is 91.3 Å². The zero-order valence-electron chi connectivity index (χ0n) is 20.6. The molecule has 4 bridgehead atoms. The van der Waals surface area contributed by atoms with Gasteiger partial charge in [0, 0.05) is 31.6 Å². The summed E-state index contributed by atoms with van der Waals surface area (Å²) in [6.45, 7) is 15.7. The zero-order chi connectivity index (χ0) is 24.3. The quantitative estimate of drug-likeness (QED) is 0.492. The van der Waals surface area contributed by atoms with E-state index in [4.69, 9.17) is 18.9 Å². The number of rotatable bonds is 5. The van der Waals surface area contributed by atoms with Crippen LogP contribution in [-0.4, -0.2) is 52.8 Å². The fourth-order valence-corrected chi connectivity index (χ4v) is 6.57. The van der Waals surface area contributed by atoms with Gasteiger partial charge in [0.2, 0.25) is 0 Å². The minimum absolute atomic E-state index is 0.0791. The minimum Gasteiger partial charge on any atom is -0.456 e. The third kappa shape index (κ3) is 3.96. The molecule has 0 amide bonds. The van der Waals surface area contributed by atoms with Gasteiger partial charge in [-0.2, -0.15) is 0 Å². The molecule has 3 fully saturated rings. The summed E-state index contributed by atoms with van der Waals surface area (Å²) in [5, 5.41) is 11.5. The first-order valence-corrected chi connectivity index (χ1v) is 12.2. The smallest absolute Gasteiger partial charge is 0.347 e. The number of carbonyl (C=O) groups is 2. The van der Waals surface area contributed by atoms with Crippen LogP contribution >= 0.6 is 0 Å². The molecule has 7 heteroatoms. The summed E-state index contributed by atoms with van der Waals surface area (Å²) in [4.78, 5) is 24.4. The van der Waals surface area contributed by atoms with E-state index >= 15 is 0 Å². The van der Waals surface area contributed by atoms with Crippen molar-refractivity contribution in [1.82, 2.24) is 0 Å². The highest BCUT2D eigenvalue weighted by molar-refractivity contribution is 5.78. The van der Waals surface area contributed by atoms with Gasteiger partial charge in [-0.25, -0.2) is 4.79 Å². The highest BCUT2D eigenvalue weighted by Crippen LogP contribution is 2.59. The van der Waals surface area contributed by atoms with Gasteiger partial charge in [-0.05, 0) is 44.1 Å². The fourth-order valence-electron chi connectivity index (χ4n) is 6.57. The number of hydrogen-bond donors (Lipinski definition) is 1. The van der Waals surface area contributed by atoms with E-state index in [2.05, 4.69) is 33.4 Å². The van der Waals surface area contributed by atoms with Crippen LogP contribution in [0.3, 0.4) is 0 Å². The fraction of sp³-hybridized carbons (Fsp3) is 0.769. The van der Waals surface area contributed by atoms with Crippen molar-refractivity contribution in [3.63, 3.8) is 0 Å². The molecule has 4 rings (SSSR count). The van der Waals surface area contributed by atoms with Crippen LogP contribution in [0.25, 0.3) is 0 Å². The standard InChI is InChI=1S/C26H38O7/c1-8-18(30-16(6)27)24(28)32-20-12-26(29)15(5)11-19-21-14(4)9-10-17(13(2)3)22(21)23(31-19)25(20,7)33-26/h9,13,17-23,29H,5,8,10-12H2,1-4,6-7H3/t17-,18?,19-,20+,21-,22-,23-,25-,26+/m1/s1. The third-order valence-corrected chi connectivity index (χ3v) is 8.33. The average molecular weight is 463 g/mol. The van der Waals surface area contributed by atoms with Gasteiger partial charge in [0.1, 0.15) is 11.7 Å². The van der Waals surface area contributed by atoms with E-state index in [0.717, 1.165) is 6.42 Å². The highest BCUT2D eigenvalue weighted by atomic mass is 16.7. The van der Waals surface area contributed by atoms with Crippen molar-refractivity contribution in [3.8, 4) is 0 Å². The Morgan fingerprint density at radius 2 is 2.06 bits per heavy atom. The van der Waals surface area contributed by atoms with Gasteiger partial charge >= 0.3 is 11.9 Å². The first-order valence-electron chi connectivity index (χ1n) is 12.2. The molecule has 9 atom stereocenters. The normalized spacial score (nSPS) is 42.8. The molecule has 0 aromatic heterocycles. The van der Waals surface area contributed by atoms with Gasteiger partial charge in [-0.15, -0.1) is 0 Å². The number of esters is 2. The van der Waals surface area contributed by atoms with Crippen LogP contribution in [0, 0.1) is 23.7 Å². The molecule has 0 aromatic rings. The third-order valence-electron chi connectivity index (χ3n) is 8.33. The maximum atomic E-state index is 13.0. The molecule has 184 valence electrons. The lowest BCUT2D eigenvalue weighted by Crippen LogP contribution is -2.55. The summed E-state index contributed by atoms with van der Waals surface area (Å²) in [6, 6.07) is 0. The maximum Gasteiger partial charge on any atom is 0.347 e. The number of aliphatic hydroxyl groups is 1. The zero-order valence-corrected chi connectivity index (χ0v) is 20.6. The Balaban J connectivity index is 1.72. The minimum atomic E-state index is -1.60. The lowest BCUT2D eigenvalue weighted by molar-refractivity contribution is -0.251. The Labute approximate surface area is 196 Å². The molecule has 0 spiro atoms. The van der Waals surface area contributed by atoms with Crippen LogP contribution < -0.4 is 0 Å². The van der Waals surface area contributed by atoms with E-state index in [1.165, 1.54) is 12.5 Å². The van der Waals surface area contributed by atoms with Crippen LogP contribution in [0.1, 0.15) is 67.2 Å². The summed E-state index contributed by atoms with van der Waals surface area (Å²) in [6.07, 6.45) is 1.95. The van der Waals surface area contributed by atoms with Gasteiger partial charge in [-0.3, -0.25) is 4.79 Å². The molecule has 1 N–H and O–H groups in total. The molecule has 33 heavy (non-hydrogen) atoms. The van der Waals surface area contributed by atoms with Crippen LogP contribution in [0.2, 0.25) is 0 Å². The van der Waals surface area contributed by atoms with Gasteiger partial charge in [-0.1, -0.05) is 39.0 Å². The van der Waals surface area contributed by atoms with Gasteiger partial charge in [0.15, 0.2) is 11.9 Å². The molecule has 0 radical (unpaired) electrons. The Kier molecular flexibility index (Phi) is 6.30. The summed E-state index contributed by atoms with van der Waals surface area (Å²) in [7, 11) is 0. The monoisotopic (exact) mass is 462 g/mol. The van der Waals surface area contributed by atoms with Gasteiger partial charge in [0.05, 0.1) is 12.2 Å². The Bertz CT molecular complexity index is 863. The van der Waals surface area contributed by atoms with Crippen molar-refractivity contribution in [1.29, 1.82) is 0 Å². The second-order valence-corrected chi connectivity index (χ2v) is 10.8. The van der Waals surface area contributed by atoms with Gasteiger partial charge in [0.25, 0.3) is 0 Å². The molecule has 1 aliphatic carbocycles. The average Bonchev–Trinajstić information content (AvgIpc) is 3.24. The van der Waals surface area contributed by atoms with Crippen LogP contribution in [0.4, 0.5) is 0 Å². The first-order chi connectivity index (χ1) is 15.4. The van der Waals surface area contributed by atoms with E-state index in [1.807, 2.05) is 6.92 Å². The second-order valence-electron chi connectivity index (χ2n) is 10.8. The van der Waals surface area contributed by atoms with Crippen molar-refractivity contribution >= 4 is 11.9 Å². The predicted octanol–water partition coefficient (Wildman–Crippen LogP) is 3.69. The Morgan fingerprint density at radius 3 is 2.67 bits per heavy atom. The van der Waals surface area contributed by atoms with E-state index in [9.17, 15) is 14.7 Å². The molecule has 7 nitrogen and oxygen atoms in total. The van der Waals surface area contributed by atoms with E-state index in [0.29, 0.717) is 30.3 Å². The molecule has 3 aliphatic heterocycles. The summed E-state index contributed by atoms with van der Waals surface area (Å²) in [5.41, 5.74) is 0.785. The Morgan fingerprint density at radius 1 is 1.36 bits per heavy atom. The molecule has 1 unspecified atom stereocenters. The van der Waals surface area contributed by atoms with E-state index in [-0.39, 0.29) is 30.5 Å². The number of carbonyl (C=O) groups excluding carboxylic acids is 2. The molecule has 3 heterocycles. The number of hydrogen-bond acceptors (Lipinski definition) is 7. The van der Waals surface area contributed by atoms with Crippen LogP contribution in [-0.2, 0) is 28.5 Å². The predicted molar refractivity (Wildman–Crippen MR) is 121 cm³/mol. The summed E-state index contributed by atoms with van der Waals surface area (Å²) >= 11 is 0. The molecular weight excluding hydrogens is 424 g/mol. The summed E-state index contributed by atoms with van der Waals surface area (Å²) < 4.78 is 24.1. The molecule has 4 aliphatic rings. The molecular formula is C26H38O7. The van der Waals surface area contributed by atoms with E-state index < -0.39 is 35.5 Å². The largest absolute Gasteiger partial charge is 0.456 e. The van der Waals surface area contributed by atoms with E-state index in [1.54, 1.807) is 6.92 Å².